The number of hydrogen-bond acceptors (Lipinski definition) is 7. The number of aromatic nitrogens is 1. The van der Waals surface area contributed by atoms with Crippen molar-refractivity contribution in [3.8, 4) is 17.2 Å². The van der Waals surface area contributed by atoms with E-state index in [-0.39, 0.29) is 18.3 Å². The number of aryl methyl sites for hydroxylation is 2. The fraction of sp³-hybridized carbons (Fsp3) is 0.452. The summed E-state index contributed by atoms with van der Waals surface area (Å²) in [6.45, 7) is 9.71. The summed E-state index contributed by atoms with van der Waals surface area (Å²) in [4.78, 5) is 30.7. The van der Waals surface area contributed by atoms with Crippen molar-refractivity contribution in [3.05, 3.63) is 70.1 Å². The van der Waals surface area contributed by atoms with E-state index in [9.17, 15) is 22.8 Å². The Morgan fingerprint density at radius 3 is 2.38 bits per heavy atom. The van der Waals surface area contributed by atoms with Gasteiger partial charge in [0.25, 0.3) is 0 Å². The van der Waals surface area contributed by atoms with E-state index >= 15 is 0 Å². The molecular weight excluding hydrogens is 553 g/mol. The standard InChI is InChI=1S/C31H35F3N2O6/c1-18-27(41-28(35-18)21-7-11-22(12-8-21)31(32,33)34)19(2)40-25-13-9-20(10-14-26(37)39-6)24-17-36(16-15-23(24)25)29(38)42-30(3,4)5/h7-9,11-13,19H,10,14-17H2,1-6H3. The molecule has 2 aromatic carbocycles. The number of halogens is 3. The maximum atomic E-state index is 13.0. The van der Waals surface area contributed by atoms with Crippen LogP contribution in [0.2, 0.25) is 0 Å². The topological polar surface area (TPSA) is 91.1 Å². The highest BCUT2D eigenvalue weighted by atomic mass is 19.4. The lowest BCUT2D eigenvalue weighted by Gasteiger charge is -2.33. The Morgan fingerprint density at radius 1 is 1.07 bits per heavy atom. The van der Waals surface area contributed by atoms with E-state index in [0.29, 0.717) is 48.7 Å². The van der Waals surface area contributed by atoms with Crippen LogP contribution in [0.4, 0.5) is 18.0 Å². The van der Waals surface area contributed by atoms with Crippen LogP contribution in [-0.4, -0.2) is 41.2 Å². The Kier molecular flexibility index (Phi) is 8.89. The van der Waals surface area contributed by atoms with Gasteiger partial charge in [-0.25, -0.2) is 9.78 Å². The highest BCUT2D eigenvalue weighted by Gasteiger charge is 2.31. The normalized spacial score (nSPS) is 14.3. The van der Waals surface area contributed by atoms with Crippen molar-refractivity contribution < 1.29 is 41.4 Å². The molecule has 1 amide bonds. The van der Waals surface area contributed by atoms with E-state index in [1.54, 1.807) is 18.7 Å². The van der Waals surface area contributed by atoms with E-state index in [1.165, 1.54) is 19.2 Å². The Labute approximate surface area is 242 Å². The molecule has 11 heteroatoms. The number of nitrogens with zero attached hydrogens (tertiary/aromatic N) is 2. The zero-order chi connectivity index (χ0) is 30.8. The predicted molar refractivity (Wildman–Crippen MR) is 148 cm³/mol. The molecule has 0 fully saturated rings. The van der Waals surface area contributed by atoms with E-state index in [2.05, 4.69) is 4.98 Å². The molecule has 0 radical (unpaired) electrons. The minimum Gasteiger partial charge on any atom is -0.482 e. The van der Waals surface area contributed by atoms with Crippen LogP contribution in [0.25, 0.3) is 11.5 Å². The Hall–Kier alpha value is -4.02. The van der Waals surface area contributed by atoms with Crippen LogP contribution >= 0.6 is 0 Å². The first-order valence-electron chi connectivity index (χ1n) is 13.7. The molecule has 1 aliphatic heterocycles. The number of fused-ring (bicyclic) bond motifs is 1. The van der Waals surface area contributed by atoms with Crippen LogP contribution in [-0.2, 0) is 39.8 Å². The molecule has 3 aromatic rings. The molecule has 0 saturated heterocycles. The zero-order valence-electron chi connectivity index (χ0n) is 24.6. The molecule has 0 spiro atoms. The van der Waals surface area contributed by atoms with Crippen LogP contribution in [0.1, 0.15) is 73.9 Å². The van der Waals surface area contributed by atoms with Crippen molar-refractivity contribution in [3.63, 3.8) is 0 Å². The predicted octanol–water partition coefficient (Wildman–Crippen LogP) is 7.21. The molecule has 1 atom stereocenters. The highest BCUT2D eigenvalue weighted by Crippen LogP contribution is 2.37. The molecule has 1 aromatic heterocycles. The van der Waals surface area contributed by atoms with Crippen LogP contribution in [0.3, 0.4) is 0 Å². The number of esters is 1. The van der Waals surface area contributed by atoms with Crippen LogP contribution < -0.4 is 4.74 Å². The lowest BCUT2D eigenvalue weighted by molar-refractivity contribution is -0.140. The number of rotatable bonds is 7. The summed E-state index contributed by atoms with van der Waals surface area (Å²) in [7, 11) is 1.34. The summed E-state index contributed by atoms with van der Waals surface area (Å²) in [5, 5.41) is 0. The van der Waals surface area contributed by atoms with Crippen molar-refractivity contribution in [1.82, 2.24) is 9.88 Å². The fourth-order valence-corrected chi connectivity index (χ4v) is 4.83. The SMILES string of the molecule is COC(=O)CCc1ccc(OC(C)c2oc(-c3ccc(C(F)(F)F)cc3)nc2C)c2c1CN(C(=O)OC(C)(C)C)CC2. The van der Waals surface area contributed by atoms with Gasteiger partial charge in [-0.15, -0.1) is 0 Å². The van der Waals surface area contributed by atoms with Gasteiger partial charge >= 0.3 is 18.2 Å². The number of carbonyl (C=O) groups excluding carboxylic acids is 2. The molecule has 8 nitrogen and oxygen atoms in total. The molecule has 2 heterocycles. The maximum absolute atomic E-state index is 13.0. The first-order chi connectivity index (χ1) is 19.7. The number of methoxy groups -OCH3 is 1. The number of alkyl halides is 3. The lowest BCUT2D eigenvalue weighted by Crippen LogP contribution is -2.40. The quantitative estimate of drug-likeness (QED) is 0.270. The van der Waals surface area contributed by atoms with Gasteiger partial charge in [-0.3, -0.25) is 4.79 Å². The second-order valence-corrected chi connectivity index (χ2v) is 11.2. The summed E-state index contributed by atoms with van der Waals surface area (Å²) in [5.41, 5.74) is 2.29. The average molecular weight is 589 g/mol. The lowest BCUT2D eigenvalue weighted by atomic mass is 9.91. The van der Waals surface area contributed by atoms with Gasteiger partial charge in [0.1, 0.15) is 11.4 Å². The van der Waals surface area contributed by atoms with Crippen molar-refractivity contribution >= 4 is 12.1 Å². The minimum atomic E-state index is -4.43. The van der Waals surface area contributed by atoms with E-state index in [4.69, 9.17) is 18.6 Å². The molecule has 1 unspecified atom stereocenters. The molecule has 226 valence electrons. The average Bonchev–Trinajstić information content (AvgIpc) is 3.32. The maximum Gasteiger partial charge on any atom is 0.416 e. The van der Waals surface area contributed by atoms with Gasteiger partial charge in [0.2, 0.25) is 5.89 Å². The van der Waals surface area contributed by atoms with Crippen LogP contribution in [0, 0.1) is 6.92 Å². The summed E-state index contributed by atoms with van der Waals surface area (Å²) in [5.74, 6) is 0.914. The summed E-state index contributed by atoms with van der Waals surface area (Å²) in [6, 6.07) is 8.34. The van der Waals surface area contributed by atoms with Crippen molar-refractivity contribution in [2.45, 2.75) is 78.3 Å². The fourth-order valence-electron chi connectivity index (χ4n) is 4.83. The first-order valence-corrected chi connectivity index (χ1v) is 13.7. The number of carbonyl (C=O) groups is 2. The number of hydrogen-bond donors (Lipinski definition) is 0. The molecule has 0 aliphatic carbocycles. The van der Waals surface area contributed by atoms with Gasteiger partial charge < -0.3 is 23.5 Å². The second kappa shape index (κ2) is 12.1. The summed E-state index contributed by atoms with van der Waals surface area (Å²) in [6.07, 6.45) is -4.29. The van der Waals surface area contributed by atoms with E-state index < -0.39 is 29.5 Å². The number of ether oxygens (including phenoxy) is 3. The molecule has 1 aliphatic rings. The molecule has 4 rings (SSSR count). The number of amides is 1. The van der Waals surface area contributed by atoms with Crippen molar-refractivity contribution in [2.75, 3.05) is 13.7 Å². The number of oxazole rings is 1. The van der Waals surface area contributed by atoms with Gasteiger partial charge in [0.05, 0.1) is 18.4 Å². The third kappa shape index (κ3) is 7.24. The van der Waals surface area contributed by atoms with E-state index in [0.717, 1.165) is 28.8 Å². The first kappa shape index (κ1) is 30.9. The Morgan fingerprint density at radius 2 is 1.76 bits per heavy atom. The minimum absolute atomic E-state index is 0.190. The number of benzene rings is 2. The van der Waals surface area contributed by atoms with Crippen LogP contribution in [0.5, 0.6) is 5.75 Å². The molecule has 0 N–H and O–H groups in total. The van der Waals surface area contributed by atoms with Crippen molar-refractivity contribution in [2.24, 2.45) is 0 Å². The zero-order valence-corrected chi connectivity index (χ0v) is 24.6. The van der Waals surface area contributed by atoms with Gasteiger partial charge in [-0.2, -0.15) is 13.2 Å². The largest absolute Gasteiger partial charge is 0.482 e. The van der Waals surface area contributed by atoms with E-state index in [1.807, 2.05) is 32.9 Å². The van der Waals surface area contributed by atoms with Gasteiger partial charge in [-0.1, -0.05) is 6.07 Å². The highest BCUT2D eigenvalue weighted by molar-refractivity contribution is 5.70. The summed E-state index contributed by atoms with van der Waals surface area (Å²) < 4.78 is 61.6. The third-order valence-corrected chi connectivity index (χ3v) is 6.91. The van der Waals surface area contributed by atoms with Gasteiger partial charge in [0.15, 0.2) is 11.9 Å². The summed E-state index contributed by atoms with van der Waals surface area (Å²) >= 11 is 0. The molecular formula is C31H35F3N2O6. The third-order valence-electron chi connectivity index (χ3n) is 6.91. The monoisotopic (exact) mass is 588 g/mol. The Balaban J connectivity index is 1.59. The van der Waals surface area contributed by atoms with Crippen molar-refractivity contribution in [1.29, 1.82) is 0 Å². The molecule has 0 bridgehead atoms. The Bertz CT molecular complexity index is 1440. The second-order valence-electron chi connectivity index (χ2n) is 11.2. The van der Waals surface area contributed by atoms with Gasteiger partial charge in [0, 0.05) is 30.6 Å². The van der Waals surface area contributed by atoms with Gasteiger partial charge in [-0.05, 0) is 88.9 Å². The molecule has 0 saturated carbocycles. The smallest absolute Gasteiger partial charge is 0.416 e. The van der Waals surface area contributed by atoms with Crippen LogP contribution in [0.15, 0.2) is 40.8 Å². The molecule has 42 heavy (non-hydrogen) atoms.